The number of hydrogen-bond donors (Lipinski definition) is 0. The molecule has 1 aromatic carbocycles. The Balaban J connectivity index is 2.37. The molecule has 0 aromatic heterocycles. The SMILES string of the molecule is CCOC(=O)C1C=Nc2c(C)cccc2C1=S. The van der Waals surface area contributed by atoms with Gasteiger partial charge in [-0.05, 0) is 19.4 Å². The van der Waals surface area contributed by atoms with Gasteiger partial charge in [-0.25, -0.2) is 0 Å². The molecule has 0 saturated heterocycles. The van der Waals surface area contributed by atoms with Crippen molar-refractivity contribution in [2.45, 2.75) is 13.8 Å². The standard InChI is InChI=1S/C13H13NO2S/c1-3-16-13(15)10-7-14-11-8(2)5-4-6-9(11)12(10)17/h4-7,10H,3H2,1-2H3. The lowest BCUT2D eigenvalue weighted by atomic mass is 9.94. The first-order chi connectivity index (χ1) is 8.15. The summed E-state index contributed by atoms with van der Waals surface area (Å²) in [6.07, 6.45) is 1.58. The number of carbonyl (C=O) groups excluding carboxylic acids is 1. The van der Waals surface area contributed by atoms with Crippen molar-refractivity contribution >= 4 is 35.0 Å². The molecule has 0 aliphatic carbocycles. The predicted octanol–water partition coefficient (Wildman–Crippen LogP) is 2.61. The summed E-state index contributed by atoms with van der Waals surface area (Å²) in [5.41, 5.74) is 2.78. The molecule has 1 aliphatic rings. The molecule has 0 radical (unpaired) electrons. The second kappa shape index (κ2) is 4.75. The van der Waals surface area contributed by atoms with Gasteiger partial charge in [-0.3, -0.25) is 9.79 Å². The summed E-state index contributed by atoms with van der Waals surface area (Å²) < 4.78 is 4.98. The molecule has 0 N–H and O–H groups in total. The minimum atomic E-state index is -0.528. The van der Waals surface area contributed by atoms with Gasteiger partial charge in [0, 0.05) is 16.6 Å². The monoisotopic (exact) mass is 247 g/mol. The van der Waals surface area contributed by atoms with E-state index in [1.807, 2.05) is 25.1 Å². The zero-order valence-corrected chi connectivity index (χ0v) is 10.6. The maximum atomic E-state index is 11.7. The Morgan fingerprint density at radius 1 is 1.53 bits per heavy atom. The quantitative estimate of drug-likeness (QED) is 0.595. The van der Waals surface area contributed by atoms with Crippen molar-refractivity contribution < 1.29 is 9.53 Å². The van der Waals surface area contributed by atoms with Gasteiger partial charge in [-0.15, -0.1) is 0 Å². The van der Waals surface area contributed by atoms with E-state index in [1.54, 1.807) is 13.1 Å². The van der Waals surface area contributed by atoms with E-state index in [4.69, 9.17) is 17.0 Å². The van der Waals surface area contributed by atoms with Crippen molar-refractivity contribution in [3.05, 3.63) is 29.3 Å². The van der Waals surface area contributed by atoms with Gasteiger partial charge in [-0.1, -0.05) is 30.4 Å². The molecule has 1 aromatic rings. The van der Waals surface area contributed by atoms with E-state index in [1.165, 1.54) is 0 Å². The minimum absolute atomic E-state index is 0.326. The van der Waals surface area contributed by atoms with Crippen LogP contribution in [0.25, 0.3) is 0 Å². The molecule has 1 heterocycles. The molecule has 88 valence electrons. The van der Waals surface area contributed by atoms with Crippen LogP contribution in [0.2, 0.25) is 0 Å². The van der Waals surface area contributed by atoms with Crippen LogP contribution in [0.15, 0.2) is 23.2 Å². The number of aliphatic imine (C=N–C) groups is 1. The molecule has 1 unspecified atom stereocenters. The van der Waals surface area contributed by atoms with E-state index in [-0.39, 0.29) is 5.97 Å². The van der Waals surface area contributed by atoms with Gasteiger partial charge in [0.05, 0.1) is 12.3 Å². The Kier molecular flexibility index (Phi) is 3.33. The first kappa shape index (κ1) is 11.9. The van der Waals surface area contributed by atoms with Gasteiger partial charge < -0.3 is 4.74 Å². The van der Waals surface area contributed by atoms with Crippen LogP contribution in [0, 0.1) is 12.8 Å². The van der Waals surface area contributed by atoms with E-state index in [0.717, 1.165) is 16.8 Å². The Bertz CT molecular complexity index is 508. The highest BCUT2D eigenvalue weighted by atomic mass is 32.1. The Labute approximate surface area is 106 Å². The third-order valence-corrected chi connectivity index (χ3v) is 3.15. The maximum absolute atomic E-state index is 11.7. The van der Waals surface area contributed by atoms with Crippen LogP contribution in [0.5, 0.6) is 0 Å². The molecule has 0 bridgehead atoms. The van der Waals surface area contributed by atoms with Crippen LogP contribution >= 0.6 is 12.2 Å². The van der Waals surface area contributed by atoms with Gasteiger partial charge in [0.25, 0.3) is 0 Å². The van der Waals surface area contributed by atoms with Crippen molar-refractivity contribution in [3.8, 4) is 0 Å². The van der Waals surface area contributed by atoms with Gasteiger partial charge >= 0.3 is 5.97 Å². The second-order valence-corrected chi connectivity index (χ2v) is 4.28. The van der Waals surface area contributed by atoms with Crippen molar-refractivity contribution in [1.82, 2.24) is 0 Å². The molecule has 17 heavy (non-hydrogen) atoms. The number of fused-ring (bicyclic) bond motifs is 1. The molecule has 0 fully saturated rings. The van der Waals surface area contributed by atoms with Gasteiger partial charge in [-0.2, -0.15) is 0 Å². The molecule has 0 saturated carbocycles. The fourth-order valence-electron chi connectivity index (χ4n) is 1.81. The summed E-state index contributed by atoms with van der Waals surface area (Å²) in [5, 5.41) is 0. The van der Waals surface area contributed by atoms with E-state index in [2.05, 4.69) is 4.99 Å². The zero-order valence-electron chi connectivity index (χ0n) is 9.77. The fraction of sp³-hybridized carbons (Fsp3) is 0.308. The van der Waals surface area contributed by atoms with E-state index in [9.17, 15) is 4.79 Å². The van der Waals surface area contributed by atoms with Gasteiger partial charge in [0.2, 0.25) is 0 Å². The van der Waals surface area contributed by atoms with Crippen LogP contribution in [-0.4, -0.2) is 23.7 Å². The Morgan fingerprint density at radius 2 is 2.29 bits per heavy atom. The van der Waals surface area contributed by atoms with E-state index in [0.29, 0.717) is 11.5 Å². The molecule has 4 heteroatoms. The third kappa shape index (κ3) is 2.13. The minimum Gasteiger partial charge on any atom is -0.465 e. The first-order valence-corrected chi connectivity index (χ1v) is 5.90. The lowest BCUT2D eigenvalue weighted by Crippen LogP contribution is -2.29. The van der Waals surface area contributed by atoms with Crippen molar-refractivity contribution in [3.63, 3.8) is 0 Å². The second-order valence-electron chi connectivity index (χ2n) is 3.84. The molecule has 2 rings (SSSR count). The number of thiocarbonyl (C=S) groups is 1. The first-order valence-electron chi connectivity index (χ1n) is 5.49. The lowest BCUT2D eigenvalue weighted by molar-refractivity contribution is -0.143. The van der Waals surface area contributed by atoms with Crippen LogP contribution in [0.1, 0.15) is 18.1 Å². The molecular weight excluding hydrogens is 234 g/mol. The van der Waals surface area contributed by atoms with Gasteiger partial charge in [0.1, 0.15) is 5.92 Å². The van der Waals surface area contributed by atoms with Crippen LogP contribution in [0.4, 0.5) is 5.69 Å². The number of ether oxygens (including phenoxy) is 1. The Hall–Kier alpha value is -1.55. The fourth-order valence-corrected chi connectivity index (χ4v) is 2.14. The highest BCUT2D eigenvalue weighted by molar-refractivity contribution is 7.81. The molecule has 0 amide bonds. The zero-order chi connectivity index (χ0) is 12.4. The molecule has 1 atom stereocenters. The van der Waals surface area contributed by atoms with Crippen LogP contribution in [-0.2, 0) is 9.53 Å². The summed E-state index contributed by atoms with van der Waals surface area (Å²) in [7, 11) is 0. The predicted molar refractivity (Wildman–Crippen MR) is 71.2 cm³/mol. The number of para-hydroxylation sites is 1. The number of hydrogen-bond acceptors (Lipinski definition) is 4. The summed E-state index contributed by atoms with van der Waals surface area (Å²) >= 11 is 5.34. The highest BCUT2D eigenvalue weighted by Gasteiger charge is 2.28. The van der Waals surface area contributed by atoms with Crippen molar-refractivity contribution in [2.75, 3.05) is 6.61 Å². The topological polar surface area (TPSA) is 38.7 Å². The van der Waals surface area contributed by atoms with Crippen LogP contribution < -0.4 is 0 Å². The highest BCUT2D eigenvalue weighted by Crippen LogP contribution is 2.30. The average molecular weight is 247 g/mol. The molecule has 0 spiro atoms. The molecule has 1 aliphatic heterocycles. The maximum Gasteiger partial charge on any atom is 0.319 e. The summed E-state index contributed by atoms with van der Waals surface area (Å²) in [4.78, 5) is 16.6. The number of nitrogens with zero attached hydrogens (tertiary/aromatic N) is 1. The third-order valence-electron chi connectivity index (χ3n) is 2.68. The number of carbonyl (C=O) groups is 1. The molecule has 3 nitrogen and oxygen atoms in total. The largest absolute Gasteiger partial charge is 0.465 e. The molecular formula is C13H13NO2S. The number of rotatable bonds is 2. The van der Waals surface area contributed by atoms with Crippen LogP contribution in [0.3, 0.4) is 0 Å². The van der Waals surface area contributed by atoms with Crippen molar-refractivity contribution in [2.24, 2.45) is 10.9 Å². The lowest BCUT2D eigenvalue weighted by Gasteiger charge is -2.19. The summed E-state index contributed by atoms with van der Waals surface area (Å²) in [5.74, 6) is -0.854. The van der Waals surface area contributed by atoms with E-state index < -0.39 is 5.92 Å². The normalized spacial score (nSPS) is 17.8. The summed E-state index contributed by atoms with van der Waals surface area (Å²) in [6, 6.07) is 5.79. The average Bonchev–Trinajstić information content (AvgIpc) is 2.31. The number of benzene rings is 1. The van der Waals surface area contributed by atoms with Gasteiger partial charge in [0.15, 0.2) is 0 Å². The number of aryl methyl sites for hydroxylation is 1. The van der Waals surface area contributed by atoms with Crippen molar-refractivity contribution in [1.29, 1.82) is 0 Å². The van der Waals surface area contributed by atoms with E-state index >= 15 is 0 Å². The number of esters is 1. The summed E-state index contributed by atoms with van der Waals surface area (Å²) in [6.45, 7) is 4.11. The smallest absolute Gasteiger partial charge is 0.319 e. The Morgan fingerprint density at radius 3 is 3.00 bits per heavy atom.